The minimum Gasteiger partial charge on any atom is -0.412 e. The lowest BCUT2D eigenvalue weighted by Crippen LogP contribution is -2.40. The van der Waals surface area contributed by atoms with Crippen molar-refractivity contribution in [2.24, 2.45) is 17.8 Å². The lowest BCUT2D eigenvalue weighted by molar-refractivity contribution is -0.130. The van der Waals surface area contributed by atoms with E-state index in [1.807, 2.05) is 23.3 Å². The fraction of sp³-hybridized carbons (Fsp3) is 0.682. The van der Waals surface area contributed by atoms with E-state index in [-0.39, 0.29) is 29.7 Å². The van der Waals surface area contributed by atoms with Crippen LogP contribution in [0.4, 0.5) is 0 Å². The molecule has 1 amide bonds. The molecule has 0 bridgehead atoms. The van der Waals surface area contributed by atoms with E-state index in [2.05, 4.69) is 44.7 Å². The molecule has 1 saturated carbocycles. The van der Waals surface area contributed by atoms with Crippen LogP contribution in [0.2, 0.25) is 0 Å². The Morgan fingerprint density at radius 3 is 2.41 bits per heavy atom. The summed E-state index contributed by atoms with van der Waals surface area (Å²) in [7, 11) is 0. The van der Waals surface area contributed by atoms with E-state index < -0.39 is 0 Å². The maximum absolute atomic E-state index is 12.9. The van der Waals surface area contributed by atoms with Gasteiger partial charge in [0.1, 0.15) is 0 Å². The van der Waals surface area contributed by atoms with Crippen LogP contribution in [0.15, 0.2) is 36.2 Å². The Bertz CT molecular complexity index is 575. The molecule has 3 atom stereocenters. The van der Waals surface area contributed by atoms with Gasteiger partial charge in [0.2, 0.25) is 5.91 Å². The largest absolute Gasteiger partial charge is 0.412 e. The number of carbonyl (C=O) groups excluding carboxylic acids is 1. The number of amides is 1. The minimum atomic E-state index is 0. The molecule has 2 heterocycles. The van der Waals surface area contributed by atoms with Gasteiger partial charge in [0, 0.05) is 24.0 Å². The van der Waals surface area contributed by atoms with E-state index >= 15 is 0 Å². The number of hydrogen-bond acceptors (Lipinski definition) is 2. The Balaban J connectivity index is 0.00000182. The highest BCUT2D eigenvalue weighted by molar-refractivity contribution is 5.88. The minimum absolute atomic E-state index is 0. The third-order valence-electron chi connectivity index (χ3n) is 6.28. The highest BCUT2D eigenvalue weighted by Gasteiger charge is 2.40. The van der Waals surface area contributed by atoms with Crippen molar-refractivity contribution in [2.45, 2.75) is 71.9 Å². The molecule has 3 aliphatic rings. The summed E-state index contributed by atoms with van der Waals surface area (Å²) in [5.41, 5.74) is 1.08. The highest BCUT2D eigenvalue weighted by atomic mass is 35.5. The van der Waals surface area contributed by atoms with Gasteiger partial charge in [-0.1, -0.05) is 25.3 Å². The Morgan fingerprint density at radius 2 is 1.78 bits per heavy atom. The van der Waals surface area contributed by atoms with Crippen LogP contribution in [0.3, 0.4) is 0 Å². The predicted molar refractivity (Wildman–Crippen MR) is 115 cm³/mol. The molecule has 0 aromatic carbocycles. The van der Waals surface area contributed by atoms with Crippen LogP contribution in [0.25, 0.3) is 0 Å². The first kappa shape index (κ1) is 23.9. The van der Waals surface area contributed by atoms with Crippen LogP contribution in [-0.4, -0.2) is 39.8 Å². The number of carbonyl (C=O) groups is 1. The van der Waals surface area contributed by atoms with Gasteiger partial charge in [-0.25, -0.2) is 0 Å². The van der Waals surface area contributed by atoms with Crippen LogP contribution in [-0.2, 0) is 4.79 Å². The average molecular weight is 397 g/mol. The number of fused-ring (bicyclic) bond motifs is 1. The summed E-state index contributed by atoms with van der Waals surface area (Å²) >= 11 is 0. The predicted octanol–water partition coefficient (Wildman–Crippen LogP) is 4.32. The molecule has 2 aliphatic heterocycles. The summed E-state index contributed by atoms with van der Waals surface area (Å²) in [6.07, 6.45) is 16.5. The van der Waals surface area contributed by atoms with Crippen molar-refractivity contribution in [1.82, 2.24) is 9.80 Å². The summed E-state index contributed by atoms with van der Waals surface area (Å²) in [6.45, 7) is 10.3. The smallest absolute Gasteiger partial charge is 0.238 e. The van der Waals surface area contributed by atoms with Gasteiger partial charge in [0.25, 0.3) is 0 Å². The number of rotatable bonds is 6. The maximum Gasteiger partial charge on any atom is 0.238 e. The lowest BCUT2D eigenvalue weighted by atomic mass is 9.71. The zero-order valence-electron chi connectivity index (χ0n) is 17.2. The molecule has 2 N–H and O–H groups in total. The van der Waals surface area contributed by atoms with E-state index in [0.29, 0.717) is 23.9 Å². The lowest BCUT2D eigenvalue weighted by Gasteiger charge is -2.37. The van der Waals surface area contributed by atoms with E-state index in [9.17, 15) is 4.79 Å². The molecule has 0 aromatic heterocycles. The van der Waals surface area contributed by atoms with Crippen molar-refractivity contribution in [1.29, 1.82) is 0 Å². The molecular formula is C22H37ClN2O2. The van der Waals surface area contributed by atoms with E-state index in [0.717, 1.165) is 12.2 Å². The number of allylic oxidation sites excluding steroid dienone is 3. The average Bonchev–Trinajstić information content (AvgIpc) is 2.92. The highest BCUT2D eigenvalue weighted by Crippen LogP contribution is 2.42. The van der Waals surface area contributed by atoms with E-state index in [1.165, 1.54) is 32.1 Å². The monoisotopic (exact) mass is 396 g/mol. The van der Waals surface area contributed by atoms with Crippen molar-refractivity contribution in [3.8, 4) is 0 Å². The van der Waals surface area contributed by atoms with Gasteiger partial charge in [-0.05, 0) is 77.1 Å². The molecule has 3 rings (SSSR count). The standard InChI is InChI=1S/C22H34N2O.ClH.H2O/c1-16(2)23(17(3)4)14-12-18-9-5-6-11-20(18)21-15-19-10-7-8-13-24(19)22(21)25;;/h7-8,10,13,15-18,20-21H,5-6,9,11-12,14H2,1-4H3;1H;1H2. The summed E-state index contributed by atoms with van der Waals surface area (Å²) in [5, 5.41) is 0. The van der Waals surface area contributed by atoms with Gasteiger partial charge in [-0.3, -0.25) is 14.6 Å². The summed E-state index contributed by atoms with van der Waals surface area (Å²) in [6, 6.07) is 1.17. The van der Waals surface area contributed by atoms with E-state index in [4.69, 9.17) is 0 Å². The van der Waals surface area contributed by atoms with Crippen LogP contribution in [0.5, 0.6) is 0 Å². The fourth-order valence-corrected chi connectivity index (χ4v) is 5.01. The molecule has 0 saturated heterocycles. The first-order valence-corrected chi connectivity index (χ1v) is 10.1. The fourth-order valence-electron chi connectivity index (χ4n) is 5.01. The first-order chi connectivity index (χ1) is 12.0. The number of nitrogens with zero attached hydrogens (tertiary/aromatic N) is 2. The second-order valence-electron chi connectivity index (χ2n) is 8.45. The summed E-state index contributed by atoms with van der Waals surface area (Å²) in [5.74, 6) is 1.56. The van der Waals surface area contributed by atoms with Crippen molar-refractivity contribution in [2.75, 3.05) is 6.54 Å². The molecule has 1 aliphatic carbocycles. The van der Waals surface area contributed by atoms with E-state index in [1.54, 1.807) is 0 Å². The number of hydrogen-bond donors (Lipinski definition) is 0. The first-order valence-electron chi connectivity index (χ1n) is 10.1. The van der Waals surface area contributed by atoms with Crippen molar-refractivity contribution < 1.29 is 10.3 Å². The third-order valence-corrected chi connectivity index (χ3v) is 6.28. The third kappa shape index (κ3) is 5.24. The molecular weight excluding hydrogens is 360 g/mol. The molecule has 154 valence electrons. The Morgan fingerprint density at radius 1 is 1.11 bits per heavy atom. The summed E-state index contributed by atoms with van der Waals surface area (Å²) < 4.78 is 0. The van der Waals surface area contributed by atoms with Crippen LogP contribution in [0, 0.1) is 17.8 Å². The van der Waals surface area contributed by atoms with Gasteiger partial charge in [-0.2, -0.15) is 0 Å². The molecule has 4 nitrogen and oxygen atoms in total. The van der Waals surface area contributed by atoms with Crippen molar-refractivity contribution >= 4 is 18.3 Å². The zero-order valence-corrected chi connectivity index (χ0v) is 18.0. The van der Waals surface area contributed by atoms with Gasteiger partial charge in [0.15, 0.2) is 0 Å². The summed E-state index contributed by atoms with van der Waals surface area (Å²) in [4.78, 5) is 17.4. The molecule has 5 heteroatoms. The Labute approximate surface area is 171 Å². The molecule has 27 heavy (non-hydrogen) atoms. The van der Waals surface area contributed by atoms with Gasteiger partial charge in [0.05, 0.1) is 5.92 Å². The SMILES string of the molecule is CC(C)N(CCC1CCCCC1C1C=C2C=CC=CN2C1=O)C(C)C.Cl.O. The molecule has 0 aromatic rings. The molecule has 0 spiro atoms. The molecule has 3 unspecified atom stereocenters. The Hall–Kier alpha value is -1.10. The van der Waals surface area contributed by atoms with Crippen molar-refractivity contribution in [3.05, 3.63) is 36.2 Å². The van der Waals surface area contributed by atoms with Crippen LogP contribution in [0.1, 0.15) is 59.8 Å². The van der Waals surface area contributed by atoms with Crippen molar-refractivity contribution in [3.63, 3.8) is 0 Å². The van der Waals surface area contributed by atoms with Gasteiger partial charge >= 0.3 is 0 Å². The van der Waals surface area contributed by atoms with Gasteiger partial charge in [-0.15, -0.1) is 12.4 Å². The number of halogens is 1. The second-order valence-corrected chi connectivity index (χ2v) is 8.45. The zero-order chi connectivity index (χ0) is 18.0. The van der Waals surface area contributed by atoms with Gasteiger partial charge < -0.3 is 5.48 Å². The van der Waals surface area contributed by atoms with Crippen LogP contribution >= 0.6 is 12.4 Å². The maximum atomic E-state index is 12.9. The second kappa shape index (κ2) is 10.4. The molecule has 1 fully saturated rings. The normalized spacial score (nSPS) is 26.9. The topological polar surface area (TPSA) is 55.0 Å². The Kier molecular flexibility index (Phi) is 9.26. The van der Waals surface area contributed by atoms with Crippen LogP contribution < -0.4 is 0 Å². The quantitative estimate of drug-likeness (QED) is 0.671. The molecule has 0 radical (unpaired) electrons.